The van der Waals surface area contributed by atoms with Crippen LogP contribution < -0.4 is 4.74 Å². The van der Waals surface area contributed by atoms with Gasteiger partial charge in [0.05, 0.1) is 6.61 Å². The summed E-state index contributed by atoms with van der Waals surface area (Å²) in [6.07, 6.45) is 8.59. The van der Waals surface area contributed by atoms with Gasteiger partial charge in [-0.05, 0) is 48.1 Å². The first-order chi connectivity index (χ1) is 15.8. The van der Waals surface area contributed by atoms with Gasteiger partial charge in [-0.1, -0.05) is 31.0 Å². The average Bonchev–Trinajstić information content (AvgIpc) is 3.59. The molecule has 1 aliphatic carbocycles. The Hall–Kier alpha value is -3.26. The second-order valence-corrected chi connectivity index (χ2v) is 9.03. The molecule has 5 rings (SSSR count). The van der Waals surface area contributed by atoms with Crippen molar-refractivity contribution >= 4 is 23.0 Å². The number of carbonyl (C=O) groups excluding carboxylic acids is 1. The van der Waals surface area contributed by atoms with Crippen LogP contribution in [0.25, 0.3) is 5.78 Å². The van der Waals surface area contributed by atoms with Crippen molar-refractivity contribution in [1.82, 2.24) is 24.5 Å². The Morgan fingerprint density at radius 2 is 2.09 bits per heavy atom. The fourth-order valence-corrected chi connectivity index (χ4v) is 4.88. The molecule has 0 spiro atoms. The van der Waals surface area contributed by atoms with Crippen LogP contribution in [0.2, 0.25) is 0 Å². The minimum absolute atomic E-state index is 0.147. The molecule has 1 amide bonds. The molecule has 1 aliphatic rings. The summed E-state index contributed by atoms with van der Waals surface area (Å²) in [7, 11) is 0. The first-order valence-electron chi connectivity index (χ1n) is 11.0. The molecule has 1 aromatic carbocycles. The van der Waals surface area contributed by atoms with Crippen molar-refractivity contribution in [3.8, 4) is 5.75 Å². The number of hydrogen-bond acceptors (Lipinski definition) is 6. The van der Waals surface area contributed by atoms with Gasteiger partial charge in [0.15, 0.2) is 0 Å². The highest BCUT2D eigenvalue weighted by molar-refractivity contribution is 7.09. The number of ether oxygens (including phenoxy) is 1. The lowest BCUT2D eigenvalue weighted by molar-refractivity contribution is 0.0652. The number of carbonyl (C=O) groups is 1. The first kappa shape index (κ1) is 20.6. The van der Waals surface area contributed by atoms with Crippen molar-refractivity contribution in [3.05, 3.63) is 76.5 Å². The van der Waals surface area contributed by atoms with Crippen LogP contribution in [0.1, 0.15) is 46.7 Å². The van der Waals surface area contributed by atoms with Crippen molar-refractivity contribution in [2.24, 2.45) is 0 Å². The summed E-state index contributed by atoms with van der Waals surface area (Å²) in [5.41, 5.74) is 1.04. The number of amides is 1. The molecule has 0 bridgehead atoms. The minimum Gasteiger partial charge on any atom is -0.493 e. The third kappa shape index (κ3) is 4.65. The van der Waals surface area contributed by atoms with E-state index in [1.807, 2.05) is 29.2 Å². The molecule has 1 fully saturated rings. The zero-order valence-electron chi connectivity index (χ0n) is 17.8. The third-order valence-corrected chi connectivity index (χ3v) is 6.72. The smallest absolute Gasteiger partial charge is 0.294 e. The van der Waals surface area contributed by atoms with E-state index in [0.717, 1.165) is 43.4 Å². The highest BCUT2D eigenvalue weighted by Gasteiger charge is 2.30. The zero-order valence-corrected chi connectivity index (χ0v) is 18.6. The normalized spacial score (nSPS) is 14.1. The lowest BCUT2D eigenvalue weighted by Gasteiger charge is -2.28. The van der Waals surface area contributed by atoms with Crippen LogP contribution in [0.5, 0.6) is 5.75 Å². The van der Waals surface area contributed by atoms with E-state index in [-0.39, 0.29) is 17.8 Å². The number of benzene rings is 1. The molecule has 0 N–H and O–H groups in total. The number of rotatable bonds is 8. The Morgan fingerprint density at radius 3 is 2.91 bits per heavy atom. The standard InChI is InChI=1S/C24H25N5O2S/c30-23(22-26-24-25-12-5-13-29(24)27-22)28(19-7-1-2-8-19)17-18-6-3-9-20(16-18)31-14-11-21-10-4-15-32-21/h3-6,9-10,12-13,15-16,19H,1-2,7-8,11,14,17H2. The van der Waals surface area contributed by atoms with Gasteiger partial charge in [0, 0.05) is 36.3 Å². The van der Waals surface area contributed by atoms with Crippen molar-refractivity contribution in [2.45, 2.75) is 44.7 Å². The van der Waals surface area contributed by atoms with E-state index in [4.69, 9.17) is 4.74 Å². The molecule has 3 heterocycles. The number of nitrogens with zero attached hydrogens (tertiary/aromatic N) is 5. The Morgan fingerprint density at radius 1 is 1.19 bits per heavy atom. The van der Waals surface area contributed by atoms with Crippen molar-refractivity contribution in [3.63, 3.8) is 0 Å². The quantitative estimate of drug-likeness (QED) is 0.400. The van der Waals surface area contributed by atoms with Gasteiger partial charge >= 0.3 is 0 Å². The molecule has 4 aromatic rings. The second-order valence-electron chi connectivity index (χ2n) is 8.00. The summed E-state index contributed by atoms with van der Waals surface area (Å²) in [5, 5.41) is 6.44. The first-order valence-corrected chi connectivity index (χ1v) is 11.9. The maximum Gasteiger partial charge on any atom is 0.294 e. The number of fused-ring (bicyclic) bond motifs is 1. The molecule has 1 saturated carbocycles. The second kappa shape index (κ2) is 9.48. The Balaban J connectivity index is 1.32. The van der Waals surface area contributed by atoms with Crippen LogP contribution >= 0.6 is 11.3 Å². The van der Waals surface area contributed by atoms with E-state index in [1.165, 1.54) is 4.88 Å². The lowest BCUT2D eigenvalue weighted by Crippen LogP contribution is -2.39. The molecule has 3 aromatic heterocycles. The predicted molar refractivity (Wildman–Crippen MR) is 123 cm³/mol. The van der Waals surface area contributed by atoms with Gasteiger partial charge in [-0.3, -0.25) is 4.79 Å². The topological polar surface area (TPSA) is 72.6 Å². The van der Waals surface area contributed by atoms with Crippen molar-refractivity contribution in [2.75, 3.05) is 6.61 Å². The maximum atomic E-state index is 13.4. The molecule has 0 saturated heterocycles. The van der Waals surface area contributed by atoms with Gasteiger partial charge in [-0.15, -0.1) is 16.4 Å². The lowest BCUT2D eigenvalue weighted by atomic mass is 10.1. The SMILES string of the molecule is O=C(c1nc2ncccn2n1)N(Cc1cccc(OCCc2cccs2)c1)C1CCCC1. The van der Waals surface area contributed by atoms with E-state index < -0.39 is 0 Å². The molecule has 8 heteroatoms. The fourth-order valence-electron chi connectivity index (χ4n) is 4.19. The molecule has 7 nitrogen and oxygen atoms in total. The number of hydrogen-bond donors (Lipinski definition) is 0. The van der Waals surface area contributed by atoms with Gasteiger partial charge in [0.2, 0.25) is 5.82 Å². The molecule has 0 atom stereocenters. The molecule has 0 unspecified atom stereocenters. The van der Waals surface area contributed by atoms with E-state index in [0.29, 0.717) is 18.9 Å². The molecular formula is C24H25N5O2S. The Kier molecular flexibility index (Phi) is 6.11. The van der Waals surface area contributed by atoms with Crippen LogP contribution in [0, 0.1) is 0 Å². The van der Waals surface area contributed by atoms with Gasteiger partial charge in [-0.25, -0.2) is 9.50 Å². The molecule has 32 heavy (non-hydrogen) atoms. The van der Waals surface area contributed by atoms with Crippen LogP contribution in [-0.4, -0.2) is 43.0 Å². The number of thiophene rings is 1. The summed E-state index contributed by atoms with van der Waals surface area (Å²) in [6.45, 7) is 1.14. The monoisotopic (exact) mass is 447 g/mol. The summed E-state index contributed by atoms with van der Waals surface area (Å²) >= 11 is 1.74. The van der Waals surface area contributed by atoms with Crippen LogP contribution in [0.3, 0.4) is 0 Å². The van der Waals surface area contributed by atoms with Gasteiger partial charge in [0.1, 0.15) is 5.75 Å². The van der Waals surface area contributed by atoms with Gasteiger partial charge in [-0.2, -0.15) is 4.98 Å². The van der Waals surface area contributed by atoms with Crippen molar-refractivity contribution < 1.29 is 9.53 Å². The summed E-state index contributed by atoms with van der Waals surface area (Å²) < 4.78 is 7.52. The molecule has 164 valence electrons. The van der Waals surface area contributed by atoms with Crippen LogP contribution in [-0.2, 0) is 13.0 Å². The number of aromatic nitrogens is 4. The Bertz CT molecular complexity index is 1150. The maximum absolute atomic E-state index is 13.4. The highest BCUT2D eigenvalue weighted by atomic mass is 32.1. The Labute approximate surface area is 190 Å². The summed E-state index contributed by atoms with van der Waals surface area (Å²) in [4.78, 5) is 25.2. The fraction of sp³-hybridized carbons (Fsp3) is 0.333. The molecule has 0 aliphatic heterocycles. The minimum atomic E-state index is -0.147. The largest absolute Gasteiger partial charge is 0.493 e. The summed E-state index contributed by atoms with van der Waals surface area (Å²) in [6, 6.07) is 14.2. The van der Waals surface area contributed by atoms with Crippen molar-refractivity contribution in [1.29, 1.82) is 0 Å². The summed E-state index contributed by atoms with van der Waals surface area (Å²) in [5.74, 6) is 1.31. The zero-order chi connectivity index (χ0) is 21.8. The van der Waals surface area contributed by atoms with Crippen LogP contribution in [0.15, 0.2) is 60.2 Å². The van der Waals surface area contributed by atoms with E-state index >= 15 is 0 Å². The average molecular weight is 448 g/mol. The third-order valence-electron chi connectivity index (χ3n) is 5.78. The molecular weight excluding hydrogens is 422 g/mol. The van der Waals surface area contributed by atoms with Crippen LogP contribution in [0.4, 0.5) is 0 Å². The highest BCUT2D eigenvalue weighted by Crippen LogP contribution is 2.27. The van der Waals surface area contributed by atoms with E-state index in [1.54, 1.807) is 34.3 Å². The predicted octanol–water partition coefficient (Wildman–Crippen LogP) is 4.39. The van der Waals surface area contributed by atoms with Gasteiger partial charge in [0.25, 0.3) is 11.7 Å². The molecule has 0 radical (unpaired) electrons. The van der Waals surface area contributed by atoms with E-state index in [2.05, 4.69) is 32.6 Å². The van der Waals surface area contributed by atoms with Gasteiger partial charge < -0.3 is 9.64 Å². The van der Waals surface area contributed by atoms with E-state index in [9.17, 15) is 4.79 Å².